The van der Waals surface area contributed by atoms with Gasteiger partial charge in [-0.1, -0.05) is 18.2 Å². The first kappa shape index (κ1) is 15.3. The van der Waals surface area contributed by atoms with Crippen LogP contribution in [0.15, 0.2) is 60.7 Å². The van der Waals surface area contributed by atoms with E-state index in [0.717, 1.165) is 16.6 Å². The van der Waals surface area contributed by atoms with Gasteiger partial charge in [0.2, 0.25) is 5.91 Å². The summed E-state index contributed by atoms with van der Waals surface area (Å²) in [5, 5.41) is 1.22. The summed E-state index contributed by atoms with van der Waals surface area (Å²) in [5.74, 6) is -1.28. The average Bonchev–Trinajstić information content (AvgIpc) is 2.88. The van der Waals surface area contributed by atoms with Crippen molar-refractivity contribution >= 4 is 27.7 Å². The molecule has 0 aliphatic rings. The predicted octanol–water partition coefficient (Wildman–Crippen LogP) is 4.22. The minimum Gasteiger partial charge on any atom is -0.366 e. The lowest BCUT2D eigenvalue weighted by molar-refractivity contribution is 0.100. The summed E-state index contributed by atoms with van der Waals surface area (Å²) >= 11 is 0. The quantitative estimate of drug-likeness (QED) is 0.598. The number of nitrogens with two attached hydrogens (primary N) is 1. The highest BCUT2D eigenvalue weighted by molar-refractivity contribution is 6.17. The van der Waals surface area contributed by atoms with E-state index in [4.69, 9.17) is 5.73 Å². The number of halogens is 2. The van der Waals surface area contributed by atoms with E-state index < -0.39 is 11.7 Å². The van der Waals surface area contributed by atoms with Gasteiger partial charge >= 0.3 is 0 Å². The first-order valence-corrected chi connectivity index (χ1v) is 7.79. The predicted molar refractivity (Wildman–Crippen MR) is 93.4 cm³/mol. The zero-order chi connectivity index (χ0) is 17.6. The maximum absolute atomic E-state index is 13.8. The van der Waals surface area contributed by atoms with E-state index in [2.05, 4.69) is 0 Å². The molecule has 124 valence electrons. The van der Waals surface area contributed by atoms with Crippen molar-refractivity contribution in [3.8, 4) is 0 Å². The minimum absolute atomic E-state index is 0.317. The van der Waals surface area contributed by atoms with Gasteiger partial charge in [-0.15, -0.1) is 0 Å². The normalized spacial score (nSPS) is 11.3. The molecule has 0 bridgehead atoms. The summed E-state index contributed by atoms with van der Waals surface area (Å²) in [6.07, 6.45) is 0. The molecule has 0 fully saturated rings. The van der Waals surface area contributed by atoms with Gasteiger partial charge in [0.1, 0.15) is 11.6 Å². The fraction of sp³-hybridized carbons (Fsp3) is 0.0500. The van der Waals surface area contributed by atoms with Crippen LogP contribution in [0.5, 0.6) is 0 Å². The van der Waals surface area contributed by atoms with Gasteiger partial charge in [-0.3, -0.25) is 4.79 Å². The monoisotopic (exact) mass is 336 g/mol. The summed E-state index contributed by atoms with van der Waals surface area (Å²) in [7, 11) is 0. The Morgan fingerprint density at radius 1 is 0.920 bits per heavy atom. The Bertz CT molecular complexity index is 1130. The third-order valence-electron chi connectivity index (χ3n) is 4.35. The molecule has 0 spiro atoms. The van der Waals surface area contributed by atoms with Gasteiger partial charge in [0, 0.05) is 28.4 Å². The fourth-order valence-electron chi connectivity index (χ4n) is 3.32. The largest absolute Gasteiger partial charge is 0.366 e. The highest BCUT2D eigenvalue weighted by Gasteiger charge is 2.17. The lowest BCUT2D eigenvalue weighted by Crippen LogP contribution is -2.11. The fourth-order valence-corrected chi connectivity index (χ4v) is 3.32. The first-order chi connectivity index (χ1) is 12.0. The molecular weight excluding hydrogens is 322 g/mol. The third kappa shape index (κ3) is 2.54. The van der Waals surface area contributed by atoms with E-state index in [9.17, 15) is 13.6 Å². The Morgan fingerprint density at radius 3 is 2.44 bits per heavy atom. The van der Waals surface area contributed by atoms with Crippen LogP contribution in [-0.4, -0.2) is 10.5 Å². The number of aromatic nitrogens is 1. The van der Waals surface area contributed by atoms with E-state index in [0.29, 0.717) is 22.9 Å². The Balaban J connectivity index is 2.05. The highest BCUT2D eigenvalue weighted by Crippen LogP contribution is 2.32. The van der Waals surface area contributed by atoms with Gasteiger partial charge in [0.25, 0.3) is 0 Å². The van der Waals surface area contributed by atoms with Crippen LogP contribution in [0.25, 0.3) is 21.8 Å². The molecule has 1 heterocycles. The molecule has 0 saturated heterocycles. The van der Waals surface area contributed by atoms with Crippen LogP contribution in [0.3, 0.4) is 0 Å². The molecule has 1 amide bonds. The van der Waals surface area contributed by atoms with Crippen LogP contribution < -0.4 is 5.73 Å². The van der Waals surface area contributed by atoms with Gasteiger partial charge in [-0.05, 0) is 48.0 Å². The van der Waals surface area contributed by atoms with Crippen molar-refractivity contribution in [1.29, 1.82) is 0 Å². The number of fused-ring (bicyclic) bond motifs is 3. The molecule has 0 atom stereocenters. The minimum atomic E-state index is -0.570. The number of nitrogens with zero attached hydrogens (tertiary/aromatic N) is 1. The zero-order valence-corrected chi connectivity index (χ0v) is 13.2. The Kier molecular flexibility index (Phi) is 3.50. The van der Waals surface area contributed by atoms with Crippen LogP contribution in [0.2, 0.25) is 0 Å². The van der Waals surface area contributed by atoms with E-state index in [1.807, 2.05) is 16.7 Å². The molecule has 0 radical (unpaired) electrons. The van der Waals surface area contributed by atoms with Crippen LogP contribution in [0.1, 0.15) is 15.9 Å². The lowest BCUT2D eigenvalue weighted by atomic mass is 10.1. The van der Waals surface area contributed by atoms with Crippen molar-refractivity contribution in [2.75, 3.05) is 0 Å². The molecule has 3 aromatic carbocycles. The third-order valence-corrected chi connectivity index (χ3v) is 4.35. The molecule has 0 unspecified atom stereocenters. The van der Waals surface area contributed by atoms with Crippen molar-refractivity contribution in [1.82, 2.24) is 4.57 Å². The second-order valence-corrected chi connectivity index (χ2v) is 5.94. The Morgan fingerprint density at radius 2 is 1.68 bits per heavy atom. The standard InChI is InChI=1S/C20H14F2N2O/c21-13-4-1-3-12(9-13)11-24-17-8-7-14(22)10-16(17)19-15(20(23)25)5-2-6-18(19)24/h1-10H,11H2,(H2,23,25). The Labute approximate surface area is 142 Å². The van der Waals surface area contributed by atoms with E-state index in [-0.39, 0.29) is 5.82 Å². The summed E-state index contributed by atoms with van der Waals surface area (Å²) in [6.45, 7) is 0.394. The summed E-state index contributed by atoms with van der Waals surface area (Å²) in [6, 6.07) is 15.9. The van der Waals surface area contributed by atoms with Crippen LogP contribution >= 0.6 is 0 Å². The number of carbonyl (C=O) groups excluding carboxylic acids is 1. The molecule has 0 saturated carbocycles. The van der Waals surface area contributed by atoms with E-state index in [1.165, 1.54) is 24.3 Å². The second kappa shape index (κ2) is 5.70. The maximum Gasteiger partial charge on any atom is 0.249 e. The van der Waals surface area contributed by atoms with Crippen LogP contribution in [-0.2, 0) is 6.54 Å². The highest BCUT2D eigenvalue weighted by atomic mass is 19.1. The number of hydrogen-bond acceptors (Lipinski definition) is 1. The van der Waals surface area contributed by atoms with Gasteiger partial charge < -0.3 is 10.3 Å². The van der Waals surface area contributed by atoms with Crippen molar-refractivity contribution in [2.24, 2.45) is 5.73 Å². The van der Waals surface area contributed by atoms with Crippen molar-refractivity contribution in [3.05, 3.63) is 83.4 Å². The van der Waals surface area contributed by atoms with Crippen LogP contribution in [0.4, 0.5) is 8.78 Å². The van der Waals surface area contributed by atoms with Crippen molar-refractivity contribution < 1.29 is 13.6 Å². The van der Waals surface area contributed by atoms with Gasteiger partial charge in [-0.2, -0.15) is 0 Å². The average molecular weight is 336 g/mol. The number of primary amides is 1. The molecule has 3 nitrogen and oxygen atoms in total. The molecule has 25 heavy (non-hydrogen) atoms. The summed E-state index contributed by atoms with van der Waals surface area (Å²) in [5.41, 5.74) is 8.12. The molecular formula is C20H14F2N2O. The molecule has 0 aliphatic heterocycles. The number of rotatable bonds is 3. The second-order valence-electron chi connectivity index (χ2n) is 5.94. The van der Waals surface area contributed by atoms with Crippen LogP contribution in [0, 0.1) is 11.6 Å². The SMILES string of the molecule is NC(=O)c1cccc2c1c1cc(F)ccc1n2Cc1cccc(F)c1. The molecule has 2 N–H and O–H groups in total. The van der Waals surface area contributed by atoms with Crippen molar-refractivity contribution in [3.63, 3.8) is 0 Å². The first-order valence-electron chi connectivity index (χ1n) is 7.79. The lowest BCUT2D eigenvalue weighted by Gasteiger charge is -2.08. The molecule has 1 aromatic heterocycles. The molecule has 4 rings (SSSR count). The number of hydrogen-bond donors (Lipinski definition) is 1. The summed E-state index contributed by atoms with van der Waals surface area (Å²) in [4.78, 5) is 11.8. The van der Waals surface area contributed by atoms with Crippen molar-refractivity contribution in [2.45, 2.75) is 6.54 Å². The van der Waals surface area contributed by atoms with Gasteiger partial charge in [-0.25, -0.2) is 8.78 Å². The summed E-state index contributed by atoms with van der Waals surface area (Å²) < 4.78 is 29.3. The van der Waals surface area contributed by atoms with Gasteiger partial charge in [0.15, 0.2) is 0 Å². The number of amides is 1. The topological polar surface area (TPSA) is 48.0 Å². The van der Waals surface area contributed by atoms with E-state index >= 15 is 0 Å². The molecule has 4 aromatic rings. The molecule has 0 aliphatic carbocycles. The maximum atomic E-state index is 13.8. The molecule has 5 heteroatoms. The van der Waals surface area contributed by atoms with E-state index in [1.54, 1.807) is 24.3 Å². The number of carbonyl (C=O) groups is 1. The van der Waals surface area contributed by atoms with Gasteiger partial charge in [0.05, 0.1) is 5.52 Å². The smallest absolute Gasteiger partial charge is 0.249 e. The number of benzene rings is 3. The Hall–Kier alpha value is -3.21. The zero-order valence-electron chi connectivity index (χ0n) is 13.2.